The average Bonchev–Trinajstić information content (AvgIpc) is 2.34. The summed E-state index contributed by atoms with van der Waals surface area (Å²) in [6.07, 6.45) is 3.91. The number of fused-ring (bicyclic) bond motifs is 1. The van der Waals surface area contributed by atoms with E-state index in [0.29, 0.717) is 6.42 Å². The summed E-state index contributed by atoms with van der Waals surface area (Å²) in [5.41, 5.74) is 6.56. The van der Waals surface area contributed by atoms with Gasteiger partial charge < -0.3 is 5.73 Å². The van der Waals surface area contributed by atoms with Crippen LogP contribution in [0, 0.1) is 5.92 Å². The molecule has 0 radical (unpaired) electrons. The monoisotopic (exact) mass is 318 g/mol. The molecule has 0 amide bonds. The quantitative estimate of drug-likeness (QED) is 0.946. The number of ketones is 1. The van der Waals surface area contributed by atoms with Crippen molar-refractivity contribution in [2.45, 2.75) is 25.3 Å². The highest BCUT2D eigenvalue weighted by molar-refractivity contribution is 9.10. The molecule has 3 nitrogen and oxygen atoms in total. The number of nitrogens with zero attached hydrogens (tertiary/aromatic N) is 1. The molecule has 1 aromatic carbocycles. The number of aromatic nitrogens is 1. The first kappa shape index (κ1) is 12.8. The molecule has 4 heteroatoms. The van der Waals surface area contributed by atoms with Crippen LogP contribution in [0.3, 0.4) is 0 Å². The van der Waals surface area contributed by atoms with Gasteiger partial charge in [0, 0.05) is 40.1 Å². The Balaban J connectivity index is 1.79. The summed E-state index contributed by atoms with van der Waals surface area (Å²) < 4.78 is 1.04. The molecule has 19 heavy (non-hydrogen) atoms. The molecule has 1 fully saturated rings. The number of Topliss-reactive ketones (excluding diaryl/α,β-unsaturated/α-hetero) is 1. The summed E-state index contributed by atoms with van der Waals surface area (Å²) in [4.78, 5) is 16.4. The van der Waals surface area contributed by atoms with E-state index < -0.39 is 0 Å². The average molecular weight is 319 g/mol. The molecule has 0 aliphatic heterocycles. The summed E-state index contributed by atoms with van der Waals surface area (Å²) in [5, 5.41) is 2.20. The Labute approximate surface area is 120 Å². The number of rotatable bonds is 3. The third kappa shape index (κ3) is 2.69. The maximum atomic E-state index is 12.0. The molecular weight excluding hydrogens is 304 g/mol. The van der Waals surface area contributed by atoms with E-state index in [1.54, 1.807) is 0 Å². The Morgan fingerprint density at radius 1 is 1.32 bits per heavy atom. The van der Waals surface area contributed by atoms with Gasteiger partial charge in [-0.3, -0.25) is 9.78 Å². The van der Waals surface area contributed by atoms with Crippen LogP contribution < -0.4 is 5.73 Å². The second-order valence-corrected chi connectivity index (χ2v) is 6.15. The molecule has 1 aliphatic carbocycles. The van der Waals surface area contributed by atoms with Crippen LogP contribution >= 0.6 is 15.9 Å². The standard InChI is InChI=1S/C15H15BrN2O/c16-12-2-1-9-8-18-14(6-10(9)3-12)7-15(19)11-4-13(17)5-11/h1-3,6,8,11,13H,4-5,7,17H2. The van der Waals surface area contributed by atoms with Crippen molar-refractivity contribution in [1.29, 1.82) is 0 Å². The van der Waals surface area contributed by atoms with Crippen LogP contribution in [0.2, 0.25) is 0 Å². The molecular formula is C15H15BrN2O. The van der Waals surface area contributed by atoms with Crippen molar-refractivity contribution in [3.8, 4) is 0 Å². The van der Waals surface area contributed by atoms with Gasteiger partial charge in [-0.05, 0) is 36.4 Å². The summed E-state index contributed by atoms with van der Waals surface area (Å²) in [5.74, 6) is 0.415. The van der Waals surface area contributed by atoms with Gasteiger partial charge in [-0.15, -0.1) is 0 Å². The van der Waals surface area contributed by atoms with Crippen molar-refractivity contribution in [3.05, 3.63) is 40.6 Å². The van der Waals surface area contributed by atoms with Crippen molar-refractivity contribution >= 4 is 32.5 Å². The fourth-order valence-electron chi connectivity index (χ4n) is 2.50. The lowest BCUT2D eigenvalue weighted by atomic mass is 9.77. The van der Waals surface area contributed by atoms with Gasteiger partial charge in [0.2, 0.25) is 0 Å². The third-order valence-corrected chi connectivity index (χ3v) is 4.22. The molecule has 1 aliphatic rings. The Bertz CT molecular complexity index is 635. The summed E-state index contributed by atoms with van der Waals surface area (Å²) in [7, 11) is 0. The van der Waals surface area contributed by atoms with E-state index in [9.17, 15) is 4.79 Å². The normalized spacial score (nSPS) is 22.2. The molecule has 1 aromatic heterocycles. The largest absolute Gasteiger partial charge is 0.328 e. The first-order valence-corrected chi connectivity index (χ1v) is 7.23. The number of halogens is 1. The SMILES string of the molecule is NC1CC(C(=O)Cc2cc3cc(Br)ccc3cn2)C1. The molecule has 98 valence electrons. The van der Waals surface area contributed by atoms with E-state index in [0.717, 1.165) is 33.8 Å². The Morgan fingerprint density at radius 2 is 2.11 bits per heavy atom. The third-order valence-electron chi connectivity index (χ3n) is 3.73. The molecule has 1 heterocycles. The Morgan fingerprint density at radius 3 is 2.84 bits per heavy atom. The minimum absolute atomic E-state index is 0.148. The molecule has 2 aromatic rings. The van der Waals surface area contributed by atoms with Gasteiger partial charge in [-0.25, -0.2) is 0 Å². The predicted molar refractivity (Wildman–Crippen MR) is 78.9 cm³/mol. The van der Waals surface area contributed by atoms with Crippen LogP contribution in [0.15, 0.2) is 34.9 Å². The molecule has 0 atom stereocenters. The van der Waals surface area contributed by atoms with Crippen LogP contribution in [0.4, 0.5) is 0 Å². The maximum Gasteiger partial charge on any atom is 0.142 e. The number of benzene rings is 1. The summed E-state index contributed by atoms with van der Waals surface area (Å²) >= 11 is 3.46. The number of hydrogen-bond acceptors (Lipinski definition) is 3. The summed E-state index contributed by atoms with van der Waals surface area (Å²) in [6.45, 7) is 0. The van der Waals surface area contributed by atoms with E-state index in [1.165, 1.54) is 0 Å². The zero-order chi connectivity index (χ0) is 13.4. The Kier molecular flexibility index (Phi) is 3.37. The van der Waals surface area contributed by atoms with Crippen LogP contribution in [0.25, 0.3) is 10.8 Å². The topological polar surface area (TPSA) is 56.0 Å². The fourth-order valence-corrected chi connectivity index (χ4v) is 2.88. The van der Waals surface area contributed by atoms with Crippen LogP contribution in [0.1, 0.15) is 18.5 Å². The van der Waals surface area contributed by atoms with Crippen molar-refractivity contribution in [3.63, 3.8) is 0 Å². The molecule has 0 bridgehead atoms. The zero-order valence-corrected chi connectivity index (χ0v) is 12.1. The lowest BCUT2D eigenvalue weighted by molar-refractivity contribution is -0.125. The van der Waals surface area contributed by atoms with Crippen LogP contribution in [0.5, 0.6) is 0 Å². The van der Waals surface area contributed by atoms with Gasteiger partial charge >= 0.3 is 0 Å². The second kappa shape index (κ2) is 5.02. The van der Waals surface area contributed by atoms with Crippen molar-refractivity contribution in [2.24, 2.45) is 11.7 Å². The van der Waals surface area contributed by atoms with Crippen LogP contribution in [-0.4, -0.2) is 16.8 Å². The van der Waals surface area contributed by atoms with E-state index in [-0.39, 0.29) is 17.7 Å². The maximum absolute atomic E-state index is 12.0. The summed E-state index contributed by atoms with van der Waals surface area (Å²) in [6, 6.07) is 8.27. The molecule has 3 rings (SSSR count). The number of pyridine rings is 1. The van der Waals surface area contributed by atoms with E-state index >= 15 is 0 Å². The lowest BCUT2D eigenvalue weighted by Crippen LogP contribution is -2.40. The second-order valence-electron chi connectivity index (χ2n) is 5.24. The number of nitrogens with two attached hydrogens (primary N) is 1. The molecule has 0 saturated heterocycles. The lowest BCUT2D eigenvalue weighted by Gasteiger charge is -2.30. The van der Waals surface area contributed by atoms with Crippen molar-refractivity contribution < 1.29 is 4.79 Å². The Hall–Kier alpha value is -1.26. The van der Waals surface area contributed by atoms with Gasteiger partial charge in [0.1, 0.15) is 5.78 Å². The van der Waals surface area contributed by atoms with Gasteiger partial charge in [0.25, 0.3) is 0 Å². The number of carbonyl (C=O) groups excluding carboxylic acids is 1. The molecule has 1 saturated carbocycles. The number of carbonyl (C=O) groups is 1. The van der Waals surface area contributed by atoms with E-state index in [4.69, 9.17) is 5.73 Å². The fraction of sp³-hybridized carbons (Fsp3) is 0.333. The van der Waals surface area contributed by atoms with Crippen molar-refractivity contribution in [2.75, 3.05) is 0 Å². The zero-order valence-electron chi connectivity index (χ0n) is 10.5. The van der Waals surface area contributed by atoms with Gasteiger partial charge in [0.15, 0.2) is 0 Å². The first-order chi connectivity index (χ1) is 9.11. The highest BCUT2D eigenvalue weighted by Gasteiger charge is 2.31. The smallest absolute Gasteiger partial charge is 0.142 e. The minimum atomic E-state index is 0.148. The molecule has 0 spiro atoms. The molecule has 0 unspecified atom stereocenters. The number of hydrogen-bond donors (Lipinski definition) is 1. The van der Waals surface area contributed by atoms with E-state index in [2.05, 4.69) is 20.9 Å². The van der Waals surface area contributed by atoms with Crippen LogP contribution in [-0.2, 0) is 11.2 Å². The first-order valence-electron chi connectivity index (χ1n) is 6.44. The molecule has 2 N–H and O–H groups in total. The minimum Gasteiger partial charge on any atom is -0.328 e. The highest BCUT2D eigenvalue weighted by atomic mass is 79.9. The van der Waals surface area contributed by atoms with Gasteiger partial charge in [0.05, 0.1) is 0 Å². The van der Waals surface area contributed by atoms with Crippen molar-refractivity contribution in [1.82, 2.24) is 4.98 Å². The van der Waals surface area contributed by atoms with Gasteiger partial charge in [-0.2, -0.15) is 0 Å². The van der Waals surface area contributed by atoms with Gasteiger partial charge in [-0.1, -0.05) is 22.0 Å². The highest BCUT2D eigenvalue weighted by Crippen LogP contribution is 2.28. The predicted octanol–water partition coefficient (Wildman–Crippen LogP) is 2.85. The van der Waals surface area contributed by atoms with E-state index in [1.807, 2.05) is 30.5 Å².